The van der Waals surface area contributed by atoms with Gasteiger partial charge in [0.15, 0.2) is 5.82 Å². The van der Waals surface area contributed by atoms with Gasteiger partial charge in [-0.3, -0.25) is 4.79 Å². The SMILES string of the molecule is O=C(O)CCc1nc2n(n1)CCCC2. The largest absolute Gasteiger partial charge is 0.481 e. The van der Waals surface area contributed by atoms with Crippen LogP contribution in [-0.2, 0) is 24.2 Å². The van der Waals surface area contributed by atoms with E-state index in [2.05, 4.69) is 10.1 Å². The number of aromatic nitrogens is 3. The van der Waals surface area contributed by atoms with Crippen molar-refractivity contribution >= 4 is 5.97 Å². The second-order valence-electron chi connectivity index (χ2n) is 3.52. The van der Waals surface area contributed by atoms with Crippen LogP contribution in [0.2, 0.25) is 0 Å². The van der Waals surface area contributed by atoms with E-state index in [1.807, 2.05) is 4.68 Å². The Balaban J connectivity index is 2.04. The predicted molar refractivity (Wildman–Crippen MR) is 48.9 cm³/mol. The molecular weight excluding hydrogens is 182 g/mol. The minimum Gasteiger partial charge on any atom is -0.481 e. The summed E-state index contributed by atoms with van der Waals surface area (Å²) in [6.07, 6.45) is 3.84. The Hall–Kier alpha value is -1.39. The van der Waals surface area contributed by atoms with Crippen molar-refractivity contribution in [3.8, 4) is 0 Å². The maximum Gasteiger partial charge on any atom is 0.303 e. The van der Waals surface area contributed by atoms with E-state index >= 15 is 0 Å². The van der Waals surface area contributed by atoms with Crippen LogP contribution >= 0.6 is 0 Å². The van der Waals surface area contributed by atoms with E-state index in [0.29, 0.717) is 12.2 Å². The third-order valence-electron chi connectivity index (χ3n) is 2.37. The minimum absolute atomic E-state index is 0.115. The van der Waals surface area contributed by atoms with Gasteiger partial charge < -0.3 is 5.11 Å². The molecule has 0 saturated carbocycles. The fraction of sp³-hybridized carbons (Fsp3) is 0.667. The van der Waals surface area contributed by atoms with E-state index in [1.54, 1.807) is 0 Å². The van der Waals surface area contributed by atoms with Crippen LogP contribution in [0.15, 0.2) is 0 Å². The fourth-order valence-electron chi connectivity index (χ4n) is 1.66. The number of carboxylic acids is 1. The van der Waals surface area contributed by atoms with Crippen molar-refractivity contribution in [2.24, 2.45) is 0 Å². The Kier molecular flexibility index (Phi) is 2.47. The number of hydrogen-bond acceptors (Lipinski definition) is 3. The summed E-state index contributed by atoms with van der Waals surface area (Å²) < 4.78 is 1.90. The summed E-state index contributed by atoms with van der Waals surface area (Å²) in [7, 11) is 0. The Morgan fingerprint density at radius 1 is 1.50 bits per heavy atom. The highest BCUT2D eigenvalue weighted by molar-refractivity contribution is 5.66. The molecule has 76 valence electrons. The maximum atomic E-state index is 10.4. The van der Waals surface area contributed by atoms with Crippen molar-refractivity contribution in [2.75, 3.05) is 0 Å². The van der Waals surface area contributed by atoms with Crippen LogP contribution < -0.4 is 0 Å². The number of rotatable bonds is 3. The van der Waals surface area contributed by atoms with Crippen molar-refractivity contribution in [3.05, 3.63) is 11.6 Å². The summed E-state index contributed by atoms with van der Waals surface area (Å²) >= 11 is 0. The molecule has 1 aromatic heterocycles. The molecule has 0 aliphatic carbocycles. The Labute approximate surface area is 81.8 Å². The molecule has 0 saturated heterocycles. The molecule has 0 atom stereocenters. The molecule has 5 heteroatoms. The molecule has 5 nitrogen and oxygen atoms in total. The van der Waals surface area contributed by atoms with Crippen LogP contribution in [0.5, 0.6) is 0 Å². The van der Waals surface area contributed by atoms with Gasteiger partial charge in [-0.2, -0.15) is 5.10 Å². The monoisotopic (exact) mass is 195 g/mol. The summed E-state index contributed by atoms with van der Waals surface area (Å²) in [5.74, 6) is 0.888. The first-order valence-corrected chi connectivity index (χ1v) is 4.90. The summed E-state index contributed by atoms with van der Waals surface area (Å²) in [6, 6.07) is 0. The first-order chi connectivity index (χ1) is 6.75. The first kappa shape index (κ1) is 9.18. The van der Waals surface area contributed by atoms with E-state index in [1.165, 1.54) is 0 Å². The molecule has 2 rings (SSSR count). The molecule has 0 aromatic carbocycles. The average molecular weight is 195 g/mol. The molecule has 0 bridgehead atoms. The molecule has 2 heterocycles. The fourth-order valence-corrected chi connectivity index (χ4v) is 1.66. The molecule has 14 heavy (non-hydrogen) atoms. The lowest BCUT2D eigenvalue weighted by atomic mass is 10.2. The third kappa shape index (κ3) is 1.92. The molecule has 0 fully saturated rings. The number of aliphatic carboxylic acids is 1. The standard InChI is InChI=1S/C9H13N3O2/c13-9(14)5-4-7-10-8-3-1-2-6-12(8)11-7/h1-6H2,(H,13,14). The molecule has 1 N–H and O–H groups in total. The van der Waals surface area contributed by atoms with Crippen LogP contribution in [0.25, 0.3) is 0 Å². The van der Waals surface area contributed by atoms with Crippen LogP contribution in [0, 0.1) is 0 Å². The van der Waals surface area contributed by atoms with Gasteiger partial charge in [0.05, 0.1) is 6.42 Å². The van der Waals surface area contributed by atoms with E-state index in [0.717, 1.165) is 31.6 Å². The molecule has 0 spiro atoms. The highest BCUT2D eigenvalue weighted by Gasteiger charge is 2.13. The van der Waals surface area contributed by atoms with Crippen molar-refractivity contribution in [1.82, 2.24) is 14.8 Å². The number of carboxylic acid groups (broad SMARTS) is 1. The van der Waals surface area contributed by atoms with Gasteiger partial charge in [0, 0.05) is 19.4 Å². The molecule has 0 amide bonds. The summed E-state index contributed by atoms with van der Waals surface area (Å²) in [5, 5.41) is 12.8. The predicted octanol–water partition coefficient (Wildman–Crippen LogP) is 0.632. The number of nitrogens with zero attached hydrogens (tertiary/aromatic N) is 3. The normalized spacial score (nSPS) is 15.1. The molecule has 1 aliphatic heterocycles. The summed E-state index contributed by atoms with van der Waals surface area (Å²) in [6.45, 7) is 0.926. The van der Waals surface area contributed by atoms with Crippen molar-refractivity contribution in [3.63, 3.8) is 0 Å². The van der Waals surface area contributed by atoms with Gasteiger partial charge >= 0.3 is 5.97 Å². The van der Waals surface area contributed by atoms with Crippen molar-refractivity contribution in [2.45, 2.75) is 38.6 Å². The van der Waals surface area contributed by atoms with Gasteiger partial charge in [0.2, 0.25) is 0 Å². The number of hydrogen-bond donors (Lipinski definition) is 1. The smallest absolute Gasteiger partial charge is 0.303 e. The minimum atomic E-state index is -0.794. The van der Waals surface area contributed by atoms with Crippen molar-refractivity contribution < 1.29 is 9.90 Å². The second-order valence-corrected chi connectivity index (χ2v) is 3.52. The number of aryl methyl sites for hydroxylation is 3. The lowest BCUT2D eigenvalue weighted by Gasteiger charge is -2.09. The lowest BCUT2D eigenvalue weighted by Crippen LogP contribution is -2.11. The topological polar surface area (TPSA) is 68.0 Å². The highest BCUT2D eigenvalue weighted by Crippen LogP contribution is 2.12. The zero-order chi connectivity index (χ0) is 9.97. The quantitative estimate of drug-likeness (QED) is 0.768. The number of fused-ring (bicyclic) bond motifs is 1. The average Bonchev–Trinajstić information content (AvgIpc) is 2.57. The summed E-state index contributed by atoms with van der Waals surface area (Å²) in [4.78, 5) is 14.7. The van der Waals surface area contributed by atoms with E-state index < -0.39 is 5.97 Å². The molecular formula is C9H13N3O2. The Bertz CT molecular complexity index is 322. The van der Waals surface area contributed by atoms with Crippen molar-refractivity contribution in [1.29, 1.82) is 0 Å². The summed E-state index contributed by atoms with van der Waals surface area (Å²) in [5.41, 5.74) is 0. The molecule has 0 radical (unpaired) electrons. The number of carbonyl (C=O) groups is 1. The van der Waals surface area contributed by atoms with E-state index in [4.69, 9.17) is 5.11 Å². The van der Waals surface area contributed by atoms with E-state index in [9.17, 15) is 4.79 Å². The molecule has 0 unspecified atom stereocenters. The van der Waals surface area contributed by atoms with Crippen LogP contribution in [-0.4, -0.2) is 25.8 Å². The zero-order valence-electron chi connectivity index (χ0n) is 7.94. The first-order valence-electron chi connectivity index (χ1n) is 4.90. The van der Waals surface area contributed by atoms with Gasteiger partial charge in [-0.05, 0) is 12.8 Å². The van der Waals surface area contributed by atoms with Crippen LogP contribution in [0.1, 0.15) is 30.9 Å². The lowest BCUT2D eigenvalue weighted by molar-refractivity contribution is -0.137. The Morgan fingerprint density at radius 3 is 3.07 bits per heavy atom. The molecule has 1 aromatic rings. The van der Waals surface area contributed by atoms with Gasteiger partial charge in [0.25, 0.3) is 0 Å². The third-order valence-corrected chi connectivity index (χ3v) is 2.37. The van der Waals surface area contributed by atoms with Gasteiger partial charge in [-0.15, -0.1) is 0 Å². The Morgan fingerprint density at radius 2 is 2.36 bits per heavy atom. The second kappa shape index (κ2) is 3.77. The van der Waals surface area contributed by atoms with Gasteiger partial charge in [-0.25, -0.2) is 9.67 Å². The maximum absolute atomic E-state index is 10.4. The zero-order valence-corrected chi connectivity index (χ0v) is 7.94. The van der Waals surface area contributed by atoms with Gasteiger partial charge in [0.1, 0.15) is 5.82 Å². The molecule has 1 aliphatic rings. The van der Waals surface area contributed by atoms with Gasteiger partial charge in [-0.1, -0.05) is 0 Å². The van der Waals surface area contributed by atoms with Crippen LogP contribution in [0.4, 0.5) is 0 Å². The van der Waals surface area contributed by atoms with Crippen LogP contribution in [0.3, 0.4) is 0 Å². The highest BCUT2D eigenvalue weighted by atomic mass is 16.4. The van der Waals surface area contributed by atoms with E-state index in [-0.39, 0.29) is 6.42 Å².